The molecule has 18 heavy (non-hydrogen) atoms. The highest BCUT2D eigenvalue weighted by molar-refractivity contribution is 5.92. The average Bonchev–Trinajstić information content (AvgIpc) is 2.45. The fourth-order valence-corrected chi connectivity index (χ4v) is 3.78. The summed E-state index contributed by atoms with van der Waals surface area (Å²) in [6.45, 7) is 2.59. The fourth-order valence-electron chi connectivity index (χ4n) is 3.78. The van der Waals surface area contributed by atoms with E-state index in [1.165, 1.54) is 19.3 Å². The summed E-state index contributed by atoms with van der Waals surface area (Å²) in [5.41, 5.74) is -0.0661. The molecule has 2 saturated carbocycles. The Bertz CT molecular complexity index is 301. The minimum absolute atomic E-state index is 0.0661. The number of carbonyl (C=O) groups excluding carboxylic acids is 1. The smallest absolute Gasteiger partial charge is 0.144 e. The van der Waals surface area contributed by atoms with Crippen LogP contribution in [0.15, 0.2) is 0 Å². The van der Waals surface area contributed by atoms with E-state index in [1.807, 2.05) is 0 Å². The summed E-state index contributed by atoms with van der Waals surface area (Å²) in [7, 11) is 0. The number of carbonyl (C=O) groups is 1. The predicted molar refractivity (Wildman–Crippen MR) is 68.4 cm³/mol. The number of hydrogen-bond acceptors (Lipinski definition) is 3. The van der Waals surface area contributed by atoms with Crippen LogP contribution in [-0.2, 0) is 14.3 Å². The van der Waals surface area contributed by atoms with Gasteiger partial charge in [0.2, 0.25) is 0 Å². The van der Waals surface area contributed by atoms with Crippen molar-refractivity contribution < 1.29 is 14.3 Å². The van der Waals surface area contributed by atoms with E-state index in [0.29, 0.717) is 18.1 Å². The van der Waals surface area contributed by atoms with Gasteiger partial charge in [-0.15, -0.1) is 0 Å². The molecule has 0 radical (unpaired) electrons. The Labute approximate surface area is 109 Å². The largest absolute Gasteiger partial charge is 0.381 e. The topological polar surface area (TPSA) is 35.5 Å². The van der Waals surface area contributed by atoms with E-state index >= 15 is 0 Å². The lowest BCUT2D eigenvalue weighted by molar-refractivity contribution is -0.172. The first-order valence-corrected chi connectivity index (χ1v) is 7.54. The molecule has 3 rings (SSSR count). The molecule has 0 bridgehead atoms. The molecule has 0 aromatic carbocycles. The van der Waals surface area contributed by atoms with Gasteiger partial charge < -0.3 is 9.47 Å². The lowest BCUT2D eigenvalue weighted by Gasteiger charge is -2.50. The Kier molecular flexibility index (Phi) is 3.71. The minimum atomic E-state index is -0.0661. The molecule has 3 aliphatic rings. The molecule has 102 valence electrons. The summed E-state index contributed by atoms with van der Waals surface area (Å²) in [5.74, 6) is 1.12. The van der Waals surface area contributed by atoms with Gasteiger partial charge in [0.15, 0.2) is 0 Å². The quantitative estimate of drug-likeness (QED) is 0.774. The van der Waals surface area contributed by atoms with Crippen molar-refractivity contribution in [2.24, 2.45) is 11.3 Å². The highest BCUT2D eigenvalue weighted by Crippen LogP contribution is 2.50. The normalized spacial score (nSPS) is 32.4. The molecule has 1 saturated heterocycles. The Balaban J connectivity index is 1.51. The summed E-state index contributed by atoms with van der Waals surface area (Å²) in [6.07, 6.45) is 9.00. The highest BCUT2D eigenvalue weighted by Gasteiger charge is 2.55. The van der Waals surface area contributed by atoms with Crippen LogP contribution < -0.4 is 0 Å². The first-order valence-electron chi connectivity index (χ1n) is 7.54. The molecular weight excluding hydrogens is 228 g/mol. The first-order chi connectivity index (χ1) is 8.81. The zero-order valence-electron chi connectivity index (χ0n) is 11.2. The van der Waals surface area contributed by atoms with Crippen LogP contribution in [0.25, 0.3) is 0 Å². The van der Waals surface area contributed by atoms with Crippen LogP contribution in [0.4, 0.5) is 0 Å². The average molecular weight is 252 g/mol. The second kappa shape index (κ2) is 5.30. The van der Waals surface area contributed by atoms with Gasteiger partial charge in [-0.3, -0.25) is 4.79 Å². The van der Waals surface area contributed by atoms with Crippen molar-refractivity contribution in [3.63, 3.8) is 0 Å². The molecule has 0 aromatic rings. The molecule has 3 nitrogen and oxygen atoms in total. The number of rotatable bonds is 3. The Morgan fingerprint density at radius 2 is 1.89 bits per heavy atom. The molecule has 1 atom stereocenters. The predicted octanol–water partition coefficient (Wildman–Crippen LogP) is 2.72. The van der Waals surface area contributed by atoms with E-state index in [2.05, 4.69) is 0 Å². The van der Waals surface area contributed by atoms with E-state index in [1.54, 1.807) is 0 Å². The van der Waals surface area contributed by atoms with Crippen LogP contribution >= 0.6 is 0 Å². The number of ether oxygens (including phenoxy) is 2. The van der Waals surface area contributed by atoms with Crippen molar-refractivity contribution in [3.8, 4) is 0 Å². The van der Waals surface area contributed by atoms with E-state index in [0.717, 1.165) is 45.5 Å². The van der Waals surface area contributed by atoms with Crippen molar-refractivity contribution >= 4 is 5.78 Å². The van der Waals surface area contributed by atoms with Gasteiger partial charge in [-0.05, 0) is 31.6 Å². The van der Waals surface area contributed by atoms with Gasteiger partial charge in [0, 0.05) is 26.2 Å². The maximum absolute atomic E-state index is 12.0. The lowest BCUT2D eigenvalue weighted by Crippen LogP contribution is -2.56. The zero-order valence-corrected chi connectivity index (χ0v) is 11.2. The first kappa shape index (κ1) is 12.6. The van der Waals surface area contributed by atoms with Crippen LogP contribution in [0.1, 0.15) is 51.4 Å². The maximum Gasteiger partial charge on any atom is 0.144 e. The van der Waals surface area contributed by atoms with E-state index in [4.69, 9.17) is 9.47 Å². The van der Waals surface area contributed by atoms with Crippen LogP contribution in [0.2, 0.25) is 0 Å². The van der Waals surface area contributed by atoms with Gasteiger partial charge in [0.05, 0.1) is 11.5 Å². The van der Waals surface area contributed by atoms with Crippen LogP contribution in [0, 0.1) is 11.3 Å². The molecule has 0 aromatic heterocycles. The third kappa shape index (κ3) is 2.23. The third-order valence-corrected chi connectivity index (χ3v) is 5.16. The van der Waals surface area contributed by atoms with Crippen molar-refractivity contribution in [1.29, 1.82) is 0 Å². The molecule has 3 heteroatoms. The fraction of sp³-hybridized carbons (Fsp3) is 0.933. The number of Topliss-reactive ketones (excluding diaryl/α,β-unsaturated/α-hetero) is 1. The Morgan fingerprint density at radius 3 is 2.56 bits per heavy atom. The van der Waals surface area contributed by atoms with Crippen molar-refractivity contribution in [2.45, 2.75) is 57.5 Å². The van der Waals surface area contributed by atoms with Crippen LogP contribution in [-0.4, -0.2) is 31.7 Å². The SMILES string of the molecule is O=C1CC(OCC2CCOCC2)C12CCCCC2. The van der Waals surface area contributed by atoms with E-state index < -0.39 is 0 Å². The van der Waals surface area contributed by atoms with Crippen molar-refractivity contribution in [3.05, 3.63) is 0 Å². The molecule has 0 amide bonds. The second-order valence-electron chi connectivity index (χ2n) is 6.22. The molecular formula is C15H24O3. The molecule has 3 fully saturated rings. The number of ketones is 1. The van der Waals surface area contributed by atoms with Gasteiger partial charge in [0.1, 0.15) is 5.78 Å². The second-order valence-corrected chi connectivity index (χ2v) is 6.22. The van der Waals surface area contributed by atoms with Crippen molar-refractivity contribution in [1.82, 2.24) is 0 Å². The van der Waals surface area contributed by atoms with Gasteiger partial charge >= 0.3 is 0 Å². The Hall–Kier alpha value is -0.410. The maximum atomic E-state index is 12.0. The zero-order chi connectivity index (χ0) is 12.4. The Morgan fingerprint density at radius 1 is 1.17 bits per heavy atom. The summed E-state index contributed by atoms with van der Waals surface area (Å²) < 4.78 is 11.5. The molecule has 1 aliphatic heterocycles. The summed E-state index contributed by atoms with van der Waals surface area (Å²) >= 11 is 0. The van der Waals surface area contributed by atoms with Crippen LogP contribution in [0.5, 0.6) is 0 Å². The summed E-state index contributed by atoms with van der Waals surface area (Å²) in [6, 6.07) is 0. The molecule has 1 unspecified atom stereocenters. The molecule has 2 aliphatic carbocycles. The van der Waals surface area contributed by atoms with E-state index in [-0.39, 0.29) is 11.5 Å². The lowest BCUT2D eigenvalue weighted by atomic mass is 9.57. The molecule has 1 spiro atoms. The number of hydrogen-bond donors (Lipinski definition) is 0. The summed E-state index contributed by atoms with van der Waals surface area (Å²) in [4.78, 5) is 12.0. The van der Waals surface area contributed by atoms with E-state index in [9.17, 15) is 4.79 Å². The monoisotopic (exact) mass is 252 g/mol. The molecule has 1 heterocycles. The standard InChI is InChI=1S/C15H24O3/c16-13-10-14(15(13)6-2-1-3-7-15)18-11-12-4-8-17-9-5-12/h12,14H,1-11H2. The summed E-state index contributed by atoms with van der Waals surface area (Å²) in [5, 5.41) is 0. The molecule has 0 N–H and O–H groups in total. The van der Waals surface area contributed by atoms with Gasteiger partial charge in [-0.1, -0.05) is 19.3 Å². The van der Waals surface area contributed by atoms with Crippen LogP contribution in [0.3, 0.4) is 0 Å². The highest BCUT2D eigenvalue weighted by atomic mass is 16.5. The minimum Gasteiger partial charge on any atom is -0.381 e. The van der Waals surface area contributed by atoms with Gasteiger partial charge in [-0.25, -0.2) is 0 Å². The third-order valence-electron chi connectivity index (χ3n) is 5.16. The van der Waals surface area contributed by atoms with Gasteiger partial charge in [0.25, 0.3) is 0 Å². The van der Waals surface area contributed by atoms with Gasteiger partial charge in [-0.2, -0.15) is 0 Å². The van der Waals surface area contributed by atoms with Crippen molar-refractivity contribution in [2.75, 3.05) is 19.8 Å².